The lowest BCUT2D eigenvalue weighted by Crippen LogP contribution is -2.46. The Morgan fingerprint density at radius 2 is 2.12 bits per heavy atom. The largest absolute Gasteiger partial charge is 0.395 e. The molecule has 1 saturated heterocycles. The van der Waals surface area contributed by atoms with Crippen LogP contribution in [0.25, 0.3) is 0 Å². The van der Waals surface area contributed by atoms with Crippen LogP contribution in [0.4, 0.5) is 0 Å². The topological polar surface area (TPSA) is 86.8 Å². The molecule has 0 bridgehead atoms. The molecule has 5 nitrogen and oxygen atoms in total. The minimum atomic E-state index is -0.252. The number of likely N-dealkylation sites (tertiary alicyclic amines) is 1. The molecule has 1 fully saturated rings. The summed E-state index contributed by atoms with van der Waals surface area (Å²) in [6.45, 7) is 1.73. The fourth-order valence-corrected chi connectivity index (χ4v) is 2.30. The van der Waals surface area contributed by atoms with Gasteiger partial charge in [0.1, 0.15) is 0 Å². The maximum Gasteiger partial charge on any atom is 0.217 e. The maximum atomic E-state index is 10.7. The second-order valence-electron chi connectivity index (χ2n) is 4.53. The van der Waals surface area contributed by atoms with Gasteiger partial charge in [0, 0.05) is 13.0 Å². The highest BCUT2D eigenvalue weighted by Crippen LogP contribution is 2.22. The molecule has 4 N–H and O–H groups in total. The first kappa shape index (κ1) is 13.4. The van der Waals surface area contributed by atoms with Crippen LogP contribution >= 0.6 is 0 Å². The maximum absolute atomic E-state index is 10.7. The minimum Gasteiger partial charge on any atom is -0.395 e. The number of carbonyl (C=O) groups excluding carboxylic acids is 1. The molecule has 1 atom stereocenters. The van der Waals surface area contributed by atoms with Crippen molar-refractivity contribution >= 4 is 5.91 Å². The SMILES string of the molecule is NC(=O)CCC1CCCN(C(CO)CO)C1. The Balaban J connectivity index is 2.37. The van der Waals surface area contributed by atoms with Gasteiger partial charge >= 0.3 is 0 Å². The van der Waals surface area contributed by atoms with E-state index < -0.39 is 0 Å². The van der Waals surface area contributed by atoms with Gasteiger partial charge in [0.25, 0.3) is 0 Å². The van der Waals surface area contributed by atoms with Crippen LogP contribution in [0.1, 0.15) is 25.7 Å². The molecule has 1 amide bonds. The minimum absolute atomic E-state index is 0.0148. The van der Waals surface area contributed by atoms with E-state index in [-0.39, 0.29) is 25.2 Å². The second kappa shape index (κ2) is 6.83. The summed E-state index contributed by atoms with van der Waals surface area (Å²) >= 11 is 0. The molecule has 5 heteroatoms. The van der Waals surface area contributed by atoms with Gasteiger partial charge in [0.15, 0.2) is 0 Å². The Morgan fingerprint density at radius 3 is 2.69 bits per heavy atom. The number of nitrogens with zero attached hydrogens (tertiary/aromatic N) is 1. The number of aliphatic hydroxyl groups excluding tert-OH is 2. The number of hydrogen-bond donors (Lipinski definition) is 3. The summed E-state index contributed by atoms with van der Waals surface area (Å²) in [7, 11) is 0. The predicted octanol–water partition coefficient (Wildman–Crippen LogP) is -0.683. The number of piperidine rings is 1. The molecule has 0 aromatic heterocycles. The highest BCUT2D eigenvalue weighted by Gasteiger charge is 2.25. The van der Waals surface area contributed by atoms with E-state index in [0.717, 1.165) is 32.4 Å². The molecule has 0 spiro atoms. The lowest BCUT2D eigenvalue weighted by atomic mass is 9.92. The third-order valence-electron chi connectivity index (χ3n) is 3.29. The van der Waals surface area contributed by atoms with E-state index in [1.165, 1.54) is 0 Å². The first-order valence-corrected chi connectivity index (χ1v) is 5.91. The van der Waals surface area contributed by atoms with Gasteiger partial charge in [0.2, 0.25) is 5.91 Å². The average Bonchev–Trinajstić information content (AvgIpc) is 2.29. The van der Waals surface area contributed by atoms with Crippen LogP contribution in [-0.2, 0) is 4.79 Å². The smallest absolute Gasteiger partial charge is 0.217 e. The van der Waals surface area contributed by atoms with Gasteiger partial charge in [0.05, 0.1) is 19.3 Å². The summed E-state index contributed by atoms with van der Waals surface area (Å²) < 4.78 is 0. The van der Waals surface area contributed by atoms with E-state index in [4.69, 9.17) is 15.9 Å². The van der Waals surface area contributed by atoms with Crippen molar-refractivity contribution in [2.24, 2.45) is 11.7 Å². The number of hydrogen-bond acceptors (Lipinski definition) is 4. The molecule has 1 aliphatic rings. The van der Waals surface area contributed by atoms with Gasteiger partial charge in [-0.05, 0) is 31.7 Å². The fraction of sp³-hybridized carbons (Fsp3) is 0.909. The average molecular weight is 230 g/mol. The van der Waals surface area contributed by atoms with E-state index in [9.17, 15) is 4.79 Å². The van der Waals surface area contributed by atoms with Gasteiger partial charge in [-0.2, -0.15) is 0 Å². The predicted molar refractivity (Wildman–Crippen MR) is 60.7 cm³/mol. The highest BCUT2D eigenvalue weighted by atomic mass is 16.3. The number of rotatable bonds is 6. The van der Waals surface area contributed by atoms with Crippen molar-refractivity contribution in [3.63, 3.8) is 0 Å². The Morgan fingerprint density at radius 1 is 1.44 bits per heavy atom. The first-order valence-electron chi connectivity index (χ1n) is 5.91. The van der Waals surface area contributed by atoms with Crippen LogP contribution < -0.4 is 5.73 Å². The first-order chi connectivity index (χ1) is 7.67. The van der Waals surface area contributed by atoms with Gasteiger partial charge < -0.3 is 15.9 Å². The lowest BCUT2D eigenvalue weighted by Gasteiger charge is -2.36. The van der Waals surface area contributed by atoms with Crippen molar-refractivity contribution in [2.45, 2.75) is 31.7 Å². The summed E-state index contributed by atoms with van der Waals surface area (Å²) in [5.74, 6) is 0.208. The molecular weight excluding hydrogens is 208 g/mol. The lowest BCUT2D eigenvalue weighted by molar-refractivity contribution is -0.118. The zero-order valence-corrected chi connectivity index (χ0v) is 9.64. The van der Waals surface area contributed by atoms with Gasteiger partial charge in [-0.3, -0.25) is 9.69 Å². The van der Waals surface area contributed by atoms with Crippen LogP contribution in [0.15, 0.2) is 0 Å². The van der Waals surface area contributed by atoms with Crippen molar-refractivity contribution in [3.8, 4) is 0 Å². The zero-order chi connectivity index (χ0) is 12.0. The molecular formula is C11H22N2O3. The third kappa shape index (κ3) is 4.08. The second-order valence-corrected chi connectivity index (χ2v) is 4.53. The Labute approximate surface area is 96.2 Å². The van der Waals surface area contributed by atoms with E-state index in [0.29, 0.717) is 12.3 Å². The molecule has 1 aliphatic heterocycles. The summed E-state index contributed by atoms with van der Waals surface area (Å²) in [6, 6.07) is -0.156. The number of carbonyl (C=O) groups is 1. The van der Waals surface area contributed by atoms with Crippen molar-refractivity contribution in [1.29, 1.82) is 0 Å². The molecule has 0 radical (unpaired) electrons. The number of amides is 1. The summed E-state index contributed by atoms with van der Waals surface area (Å²) in [6.07, 6.45) is 3.41. The standard InChI is InChI=1S/C11H22N2O3/c12-11(16)4-3-9-2-1-5-13(6-9)10(7-14)8-15/h9-10,14-15H,1-8H2,(H2,12,16). The van der Waals surface area contributed by atoms with Gasteiger partial charge in [-0.25, -0.2) is 0 Å². The van der Waals surface area contributed by atoms with Crippen LogP contribution in [0.5, 0.6) is 0 Å². The molecule has 0 saturated carbocycles. The molecule has 1 heterocycles. The third-order valence-corrected chi connectivity index (χ3v) is 3.29. The highest BCUT2D eigenvalue weighted by molar-refractivity contribution is 5.73. The molecule has 16 heavy (non-hydrogen) atoms. The zero-order valence-electron chi connectivity index (χ0n) is 9.64. The van der Waals surface area contributed by atoms with Crippen LogP contribution in [0.2, 0.25) is 0 Å². The van der Waals surface area contributed by atoms with Crippen molar-refractivity contribution < 1.29 is 15.0 Å². The van der Waals surface area contributed by atoms with Crippen molar-refractivity contribution in [2.75, 3.05) is 26.3 Å². The van der Waals surface area contributed by atoms with E-state index in [1.54, 1.807) is 0 Å². The van der Waals surface area contributed by atoms with Crippen molar-refractivity contribution in [1.82, 2.24) is 4.90 Å². The van der Waals surface area contributed by atoms with E-state index in [2.05, 4.69) is 4.90 Å². The Hall–Kier alpha value is -0.650. The Bertz CT molecular complexity index is 219. The molecule has 1 unspecified atom stereocenters. The molecule has 0 aromatic rings. The normalized spacial score (nSPS) is 22.6. The fourth-order valence-electron chi connectivity index (χ4n) is 2.30. The molecule has 94 valence electrons. The number of nitrogens with two attached hydrogens (primary N) is 1. The van der Waals surface area contributed by atoms with Crippen molar-refractivity contribution in [3.05, 3.63) is 0 Å². The van der Waals surface area contributed by atoms with Crippen LogP contribution in [0, 0.1) is 5.92 Å². The van der Waals surface area contributed by atoms with Crippen LogP contribution in [0.3, 0.4) is 0 Å². The summed E-state index contributed by atoms with van der Waals surface area (Å²) in [5, 5.41) is 18.2. The monoisotopic (exact) mass is 230 g/mol. The van der Waals surface area contributed by atoms with Gasteiger partial charge in [-0.1, -0.05) is 0 Å². The number of aliphatic hydroxyl groups is 2. The summed E-state index contributed by atoms with van der Waals surface area (Å²) in [4.78, 5) is 12.8. The molecule has 0 aromatic carbocycles. The molecule has 0 aliphatic carbocycles. The van der Waals surface area contributed by atoms with E-state index >= 15 is 0 Å². The van der Waals surface area contributed by atoms with E-state index in [1.807, 2.05) is 0 Å². The number of primary amides is 1. The Kier molecular flexibility index (Phi) is 5.73. The molecule has 1 rings (SSSR count). The van der Waals surface area contributed by atoms with Crippen LogP contribution in [-0.4, -0.2) is 53.4 Å². The summed E-state index contributed by atoms with van der Waals surface area (Å²) in [5.41, 5.74) is 5.12. The van der Waals surface area contributed by atoms with Gasteiger partial charge in [-0.15, -0.1) is 0 Å². The quantitative estimate of drug-likeness (QED) is 0.564.